The van der Waals surface area contributed by atoms with Gasteiger partial charge in [0.15, 0.2) is 17.3 Å². The summed E-state index contributed by atoms with van der Waals surface area (Å²) in [7, 11) is 4.25. The van der Waals surface area contributed by atoms with Crippen molar-refractivity contribution in [3.63, 3.8) is 0 Å². The number of nitrogens with zero attached hydrogens (tertiary/aromatic N) is 2. The van der Waals surface area contributed by atoms with E-state index in [1.54, 1.807) is 24.3 Å². The molecule has 0 saturated carbocycles. The van der Waals surface area contributed by atoms with Crippen molar-refractivity contribution in [2.24, 2.45) is 0 Å². The number of nitriles is 1. The van der Waals surface area contributed by atoms with Gasteiger partial charge < -0.3 is 19.3 Å². The van der Waals surface area contributed by atoms with Crippen molar-refractivity contribution < 1.29 is 24.1 Å². The molecule has 33 heavy (non-hydrogen) atoms. The molecule has 0 unspecified atom stereocenters. The molecule has 9 heteroatoms. The van der Waals surface area contributed by atoms with Gasteiger partial charge in [0.25, 0.3) is 5.56 Å². The number of pyridine rings is 1. The Balaban J connectivity index is 2.25. The number of hydrogen-bond donors (Lipinski definition) is 1. The van der Waals surface area contributed by atoms with Gasteiger partial charge in [0.05, 0.1) is 33.4 Å². The van der Waals surface area contributed by atoms with Gasteiger partial charge in [0.1, 0.15) is 11.6 Å². The van der Waals surface area contributed by atoms with Crippen molar-refractivity contribution in [2.75, 3.05) is 21.3 Å². The zero-order valence-electron chi connectivity index (χ0n) is 18.4. The van der Waals surface area contributed by atoms with Gasteiger partial charge in [-0.15, -0.1) is 0 Å². The summed E-state index contributed by atoms with van der Waals surface area (Å²) < 4.78 is 16.8. The summed E-state index contributed by atoms with van der Waals surface area (Å²) in [6, 6.07) is 11.5. The lowest BCUT2D eigenvalue weighted by Crippen LogP contribution is -2.27. The fourth-order valence-electron chi connectivity index (χ4n) is 3.52. The summed E-state index contributed by atoms with van der Waals surface area (Å²) in [6.07, 6.45) is 0. The molecule has 1 heterocycles. The smallest absolute Gasteiger partial charge is 0.271 e. The van der Waals surface area contributed by atoms with Crippen LogP contribution in [0, 0.1) is 18.3 Å². The summed E-state index contributed by atoms with van der Waals surface area (Å²) >= 11 is 6.21. The molecule has 0 bridgehead atoms. The standard InChI is InChI=1S/C24H21ClN2O6/c1-13-16(11-26)23(29)27(12-14-7-5-6-8-17(14)25)24(30)20(13)21(28)15-9-18(31-2)22(33-4)19(10-15)32-3/h5-10,30H,12H2,1-4H3. The summed E-state index contributed by atoms with van der Waals surface area (Å²) in [4.78, 5) is 26.4. The van der Waals surface area contributed by atoms with Crippen LogP contribution in [0.5, 0.6) is 23.1 Å². The van der Waals surface area contributed by atoms with E-state index in [2.05, 4.69) is 0 Å². The van der Waals surface area contributed by atoms with Crippen LogP contribution in [0.15, 0.2) is 41.2 Å². The van der Waals surface area contributed by atoms with Gasteiger partial charge in [-0.05, 0) is 36.2 Å². The van der Waals surface area contributed by atoms with Crippen molar-refractivity contribution in [3.8, 4) is 29.2 Å². The third-order valence-corrected chi connectivity index (χ3v) is 5.61. The van der Waals surface area contributed by atoms with E-state index in [0.29, 0.717) is 16.3 Å². The lowest BCUT2D eigenvalue weighted by atomic mass is 9.96. The van der Waals surface area contributed by atoms with Crippen LogP contribution in [-0.2, 0) is 6.54 Å². The summed E-state index contributed by atoms with van der Waals surface area (Å²) in [5.41, 5.74) is -0.462. The highest BCUT2D eigenvalue weighted by Crippen LogP contribution is 2.39. The number of aromatic nitrogens is 1. The quantitative estimate of drug-likeness (QED) is 0.526. The summed E-state index contributed by atoms with van der Waals surface area (Å²) in [5, 5.41) is 21.0. The van der Waals surface area contributed by atoms with E-state index in [1.165, 1.54) is 40.4 Å². The molecular formula is C24H21ClN2O6. The van der Waals surface area contributed by atoms with Gasteiger partial charge >= 0.3 is 0 Å². The minimum Gasteiger partial charge on any atom is -0.494 e. The highest BCUT2D eigenvalue weighted by Gasteiger charge is 2.27. The Morgan fingerprint density at radius 1 is 1.12 bits per heavy atom. The number of carbonyl (C=O) groups excluding carboxylic acids is 1. The average Bonchev–Trinajstić information content (AvgIpc) is 2.82. The van der Waals surface area contributed by atoms with E-state index < -0.39 is 17.2 Å². The molecule has 0 atom stereocenters. The van der Waals surface area contributed by atoms with E-state index in [9.17, 15) is 20.0 Å². The molecule has 1 N–H and O–H groups in total. The lowest BCUT2D eigenvalue weighted by Gasteiger charge is -2.17. The lowest BCUT2D eigenvalue weighted by molar-refractivity contribution is 0.103. The van der Waals surface area contributed by atoms with Gasteiger partial charge in [0, 0.05) is 10.6 Å². The largest absolute Gasteiger partial charge is 0.494 e. The van der Waals surface area contributed by atoms with E-state index >= 15 is 0 Å². The number of hydrogen-bond acceptors (Lipinski definition) is 7. The first-order chi connectivity index (χ1) is 15.8. The maximum absolute atomic E-state index is 13.5. The number of carbonyl (C=O) groups is 1. The summed E-state index contributed by atoms with van der Waals surface area (Å²) in [5.74, 6) is -0.438. The molecule has 0 spiro atoms. The maximum Gasteiger partial charge on any atom is 0.271 e. The van der Waals surface area contributed by atoms with E-state index in [1.807, 2.05) is 6.07 Å². The number of halogens is 1. The molecule has 0 aliphatic rings. The Kier molecular flexibility index (Phi) is 6.95. The molecule has 0 amide bonds. The van der Waals surface area contributed by atoms with Gasteiger partial charge in [-0.1, -0.05) is 29.8 Å². The molecule has 0 aliphatic heterocycles. The molecule has 0 aliphatic carbocycles. The second-order valence-electron chi connectivity index (χ2n) is 7.04. The SMILES string of the molecule is COc1cc(C(=O)c2c(C)c(C#N)c(=O)n(Cc3ccccc3Cl)c2O)cc(OC)c1OC. The number of ketones is 1. The zero-order valence-corrected chi connectivity index (χ0v) is 19.2. The highest BCUT2D eigenvalue weighted by atomic mass is 35.5. The predicted octanol–water partition coefficient (Wildman–Crippen LogP) is 3.69. The van der Waals surface area contributed by atoms with Gasteiger partial charge in [-0.2, -0.15) is 5.26 Å². The number of methoxy groups -OCH3 is 3. The van der Waals surface area contributed by atoms with Crippen LogP contribution < -0.4 is 19.8 Å². The predicted molar refractivity (Wildman–Crippen MR) is 122 cm³/mol. The average molecular weight is 469 g/mol. The Bertz CT molecular complexity index is 1310. The fraction of sp³-hybridized carbons (Fsp3) is 0.208. The van der Waals surface area contributed by atoms with Crippen molar-refractivity contribution in [2.45, 2.75) is 13.5 Å². The number of rotatable bonds is 7. The van der Waals surface area contributed by atoms with Crippen LogP contribution in [0.1, 0.15) is 32.6 Å². The Morgan fingerprint density at radius 2 is 1.73 bits per heavy atom. The second-order valence-corrected chi connectivity index (χ2v) is 7.44. The monoisotopic (exact) mass is 468 g/mol. The van der Waals surface area contributed by atoms with Crippen molar-refractivity contribution in [1.29, 1.82) is 5.26 Å². The first-order valence-corrected chi connectivity index (χ1v) is 10.1. The molecule has 170 valence electrons. The Hall–Kier alpha value is -3.96. The van der Waals surface area contributed by atoms with Gasteiger partial charge in [-0.25, -0.2) is 0 Å². The second kappa shape index (κ2) is 9.67. The number of ether oxygens (including phenoxy) is 3. The molecule has 0 saturated heterocycles. The van der Waals surface area contributed by atoms with Crippen molar-refractivity contribution in [3.05, 3.63) is 79.6 Å². The number of aromatic hydroxyl groups is 1. The van der Waals surface area contributed by atoms with E-state index in [0.717, 1.165) is 4.57 Å². The fourth-order valence-corrected chi connectivity index (χ4v) is 3.72. The third-order valence-electron chi connectivity index (χ3n) is 5.24. The third kappa shape index (κ3) is 4.23. The molecule has 1 aromatic heterocycles. The molecule has 3 rings (SSSR count). The van der Waals surface area contributed by atoms with Crippen molar-refractivity contribution >= 4 is 17.4 Å². The Morgan fingerprint density at radius 3 is 2.24 bits per heavy atom. The minimum atomic E-state index is -0.728. The topological polar surface area (TPSA) is 111 Å². The first kappa shape index (κ1) is 23.7. The molecule has 0 radical (unpaired) electrons. The highest BCUT2D eigenvalue weighted by molar-refractivity contribution is 6.31. The van der Waals surface area contributed by atoms with Crippen LogP contribution in [0.2, 0.25) is 5.02 Å². The molecule has 0 fully saturated rings. The Labute approximate surface area is 195 Å². The molecular weight excluding hydrogens is 448 g/mol. The van der Waals surface area contributed by atoms with Gasteiger partial charge in [0.2, 0.25) is 11.6 Å². The van der Waals surface area contributed by atoms with Crippen LogP contribution in [0.25, 0.3) is 0 Å². The maximum atomic E-state index is 13.5. The zero-order chi connectivity index (χ0) is 24.3. The molecule has 2 aromatic carbocycles. The van der Waals surface area contributed by atoms with Gasteiger partial charge in [-0.3, -0.25) is 14.2 Å². The minimum absolute atomic E-state index is 0.0640. The van der Waals surface area contributed by atoms with E-state index in [4.69, 9.17) is 25.8 Å². The van der Waals surface area contributed by atoms with Crippen LogP contribution in [-0.4, -0.2) is 36.8 Å². The summed E-state index contributed by atoms with van der Waals surface area (Å²) in [6.45, 7) is 1.31. The van der Waals surface area contributed by atoms with Crippen LogP contribution in [0.3, 0.4) is 0 Å². The van der Waals surface area contributed by atoms with Crippen LogP contribution >= 0.6 is 11.6 Å². The number of benzene rings is 2. The first-order valence-electron chi connectivity index (χ1n) is 9.73. The van der Waals surface area contributed by atoms with Crippen molar-refractivity contribution in [1.82, 2.24) is 4.57 Å². The van der Waals surface area contributed by atoms with Crippen LogP contribution in [0.4, 0.5) is 0 Å². The molecule has 8 nitrogen and oxygen atoms in total. The molecule has 3 aromatic rings. The van der Waals surface area contributed by atoms with E-state index in [-0.39, 0.29) is 40.3 Å². The normalized spacial score (nSPS) is 10.4.